The lowest BCUT2D eigenvalue weighted by Gasteiger charge is -2.30. The fourth-order valence-corrected chi connectivity index (χ4v) is 1.82. The van der Waals surface area contributed by atoms with E-state index in [1.54, 1.807) is 4.90 Å². The van der Waals surface area contributed by atoms with Gasteiger partial charge in [0.15, 0.2) is 6.07 Å². The van der Waals surface area contributed by atoms with Crippen molar-refractivity contribution in [3.63, 3.8) is 0 Å². The highest BCUT2D eigenvalue weighted by Crippen LogP contribution is 2.19. The summed E-state index contributed by atoms with van der Waals surface area (Å²) >= 11 is 5.30. The lowest BCUT2D eigenvalue weighted by Crippen LogP contribution is -2.40. The van der Waals surface area contributed by atoms with Gasteiger partial charge in [-0.2, -0.15) is 0 Å². The Morgan fingerprint density at radius 2 is 1.89 bits per heavy atom. The molecule has 1 fully saturated rings. The quantitative estimate of drug-likeness (QED) is 0.445. The Balaban J connectivity index is 2.45. The van der Waals surface area contributed by atoms with E-state index in [2.05, 4.69) is 4.74 Å². The normalized spacial score (nSPS) is 16.0. The van der Waals surface area contributed by atoms with Crippen molar-refractivity contribution < 1.29 is 19.1 Å². The van der Waals surface area contributed by atoms with Gasteiger partial charge < -0.3 is 14.4 Å². The van der Waals surface area contributed by atoms with Gasteiger partial charge in [-0.1, -0.05) is 17.2 Å². The number of amides is 1. The average molecular weight is 290 g/mol. The zero-order valence-electron chi connectivity index (χ0n) is 11.6. The SMILES string of the molecule is CC(C)(C)OC(=O)N1CCC(=CC(=O)OCCl)CC1. The topological polar surface area (TPSA) is 55.8 Å². The summed E-state index contributed by atoms with van der Waals surface area (Å²) < 4.78 is 9.92. The molecule has 0 aromatic rings. The molecule has 1 amide bonds. The number of hydrogen-bond acceptors (Lipinski definition) is 4. The van der Waals surface area contributed by atoms with Crippen molar-refractivity contribution in [2.24, 2.45) is 0 Å². The summed E-state index contributed by atoms with van der Waals surface area (Å²) in [6.07, 6.45) is 2.44. The second-order valence-electron chi connectivity index (χ2n) is 5.34. The number of ether oxygens (including phenoxy) is 2. The van der Waals surface area contributed by atoms with Crippen LogP contribution in [-0.2, 0) is 14.3 Å². The molecule has 0 spiro atoms. The number of carbonyl (C=O) groups is 2. The number of hydrogen-bond donors (Lipinski definition) is 0. The van der Waals surface area contributed by atoms with Crippen LogP contribution in [0, 0.1) is 0 Å². The van der Waals surface area contributed by atoms with Gasteiger partial charge in [-0.05, 0) is 33.6 Å². The maximum Gasteiger partial charge on any atom is 0.410 e. The molecule has 0 N–H and O–H groups in total. The Labute approximate surface area is 118 Å². The van der Waals surface area contributed by atoms with Gasteiger partial charge in [-0.25, -0.2) is 9.59 Å². The lowest BCUT2D eigenvalue weighted by atomic mass is 10.0. The molecule has 1 heterocycles. The zero-order valence-corrected chi connectivity index (χ0v) is 12.3. The molecule has 0 aromatic carbocycles. The predicted octanol–water partition coefficient (Wildman–Crippen LogP) is 2.68. The van der Waals surface area contributed by atoms with E-state index in [-0.39, 0.29) is 12.2 Å². The van der Waals surface area contributed by atoms with E-state index < -0.39 is 11.6 Å². The van der Waals surface area contributed by atoms with Crippen LogP contribution in [0.2, 0.25) is 0 Å². The van der Waals surface area contributed by atoms with Crippen LogP contribution in [0.5, 0.6) is 0 Å². The summed E-state index contributed by atoms with van der Waals surface area (Å²) in [4.78, 5) is 24.7. The Bertz CT molecular complexity index is 363. The van der Waals surface area contributed by atoms with Crippen molar-refractivity contribution in [1.29, 1.82) is 0 Å². The van der Waals surface area contributed by atoms with Crippen molar-refractivity contribution in [2.45, 2.75) is 39.2 Å². The van der Waals surface area contributed by atoms with Gasteiger partial charge in [0, 0.05) is 19.2 Å². The third-order valence-electron chi connectivity index (χ3n) is 2.58. The highest BCUT2D eigenvalue weighted by atomic mass is 35.5. The fourth-order valence-electron chi connectivity index (χ4n) is 1.71. The van der Waals surface area contributed by atoms with E-state index in [0.29, 0.717) is 25.9 Å². The molecule has 0 aromatic heterocycles. The van der Waals surface area contributed by atoms with Crippen LogP contribution >= 0.6 is 11.6 Å². The molecular weight excluding hydrogens is 270 g/mol. The Kier molecular flexibility index (Phi) is 5.66. The van der Waals surface area contributed by atoms with E-state index in [1.807, 2.05) is 20.8 Å². The molecule has 108 valence electrons. The first kappa shape index (κ1) is 15.8. The predicted molar refractivity (Wildman–Crippen MR) is 71.9 cm³/mol. The first-order valence-electron chi connectivity index (χ1n) is 6.22. The van der Waals surface area contributed by atoms with Crippen LogP contribution in [0.1, 0.15) is 33.6 Å². The molecule has 0 radical (unpaired) electrons. The Morgan fingerprint density at radius 1 is 1.32 bits per heavy atom. The number of alkyl halides is 1. The van der Waals surface area contributed by atoms with Crippen LogP contribution in [0.25, 0.3) is 0 Å². The summed E-state index contributed by atoms with van der Waals surface area (Å²) in [7, 11) is 0. The highest BCUT2D eigenvalue weighted by molar-refractivity contribution is 6.17. The van der Waals surface area contributed by atoms with Crippen molar-refractivity contribution in [2.75, 3.05) is 19.2 Å². The summed E-state index contributed by atoms with van der Waals surface area (Å²) in [5.41, 5.74) is 0.479. The van der Waals surface area contributed by atoms with E-state index in [9.17, 15) is 9.59 Å². The minimum atomic E-state index is -0.489. The molecule has 1 aliphatic heterocycles. The first-order valence-corrected chi connectivity index (χ1v) is 6.75. The maximum absolute atomic E-state index is 11.8. The molecule has 0 bridgehead atoms. The van der Waals surface area contributed by atoms with E-state index in [0.717, 1.165) is 5.57 Å². The van der Waals surface area contributed by atoms with Crippen molar-refractivity contribution in [3.05, 3.63) is 11.6 Å². The molecule has 5 nitrogen and oxygen atoms in total. The van der Waals surface area contributed by atoms with Gasteiger partial charge in [-0.3, -0.25) is 0 Å². The van der Waals surface area contributed by atoms with Gasteiger partial charge in [-0.15, -0.1) is 0 Å². The monoisotopic (exact) mass is 289 g/mol. The van der Waals surface area contributed by atoms with E-state index in [1.165, 1.54) is 6.08 Å². The summed E-state index contributed by atoms with van der Waals surface area (Å²) in [5.74, 6) is -0.435. The van der Waals surface area contributed by atoms with E-state index >= 15 is 0 Å². The van der Waals surface area contributed by atoms with Gasteiger partial charge in [0.25, 0.3) is 0 Å². The fraction of sp³-hybridized carbons (Fsp3) is 0.692. The highest BCUT2D eigenvalue weighted by Gasteiger charge is 2.24. The number of halogens is 1. The number of piperidine rings is 1. The largest absolute Gasteiger partial charge is 0.446 e. The van der Waals surface area contributed by atoms with Gasteiger partial charge >= 0.3 is 12.1 Å². The van der Waals surface area contributed by atoms with Crippen LogP contribution in [-0.4, -0.2) is 41.7 Å². The summed E-state index contributed by atoms with van der Waals surface area (Å²) in [5, 5.41) is 0. The molecule has 6 heteroatoms. The molecule has 0 atom stereocenters. The van der Waals surface area contributed by atoms with Crippen LogP contribution in [0.15, 0.2) is 11.6 Å². The standard InChI is InChI=1S/C13H20ClNO4/c1-13(2,3)19-12(17)15-6-4-10(5-7-15)8-11(16)18-9-14/h8H,4-7,9H2,1-3H3. The lowest BCUT2D eigenvalue weighted by molar-refractivity contribution is -0.135. The smallest absolute Gasteiger partial charge is 0.410 e. The Morgan fingerprint density at radius 3 is 2.37 bits per heavy atom. The Hall–Kier alpha value is -1.23. The maximum atomic E-state index is 11.8. The molecule has 0 saturated carbocycles. The zero-order chi connectivity index (χ0) is 14.5. The molecule has 0 aliphatic carbocycles. The van der Waals surface area contributed by atoms with Crippen molar-refractivity contribution in [3.8, 4) is 0 Å². The molecule has 1 saturated heterocycles. The van der Waals surface area contributed by atoms with Crippen molar-refractivity contribution >= 4 is 23.7 Å². The minimum absolute atomic E-state index is 0.146. The molecule has 19 heavy (non-hydrogen) atoms. The van der Waals surface area contributed by atoms with Crippen LogP contribution in [0.4, 0.5) is 4.79 Å². The first-order chi connectivity index (χ1) is 8.81. The number of rotatable bonds is 2. The second-order valence-corrected chi connectivity index (χ2v) is 5.56. The van der Waals surface area contributed by atoms with Gasteiger partial charge in [0.05, 0.1) is 0 Å². The number of carbonyl (C=O) groups excluding carboxylic acids is 2. The second kappa shape index (κ2) is 6.80. The average Bonchev–Trinajstić information content (AvgIpc) is 2.27. The summed E-state index contributed by atoms with van der Waals surface area (Å²) in [6, 6.07) is -0.146. The number of nitrogens with zero attached hydrogens (tertiary/aromatic N) is 1. The molecular formula is C13H20ClNO4. The summed E-state index contributed by atoms with van der Waals surface area (Å²) in [6.45, 7) is 6.61. The molecule has 0 unspecified atom stereocenters. The minimum Gasteiger partial charge on any atom is -0.446 e. The van der Waals surface area contributed by atoms with Crippen LogP contribution < -0.4 is 0 Å². The molecule has 1 aliphatic rings. The third-order valence-corrected chi connectivity index (χ3v) is 2.69. The van der Waals surface area contributed by atoms with Crippen molar-refractivity contribution in [1.82, 2.24) is 4.90 Å². The van der Waals surface area contributed by atoms with E-state index in [4.69, 9.17) is 16.3 Å². The third kappa shape index (κ3) is 5.96. The van der Waals surface area contributed by atoms with Gasteiger partial charge in [0.1, 0.15) is 5.60 Å². The van der Waals surface area contributed by atoms with Gasteiger partial charge in [0.2, 0.25) is 0 Å². The number of likely N-dealkylation sites (tertiary alicyclic amines) is 1. The molecule has 1 rings (SSSR count). The number of esters is 1. The van der Waals surface area contributed by atoms with Crippen LogP contribution in [0.3, 0.4) is 0 Å².